The number of benzene rings is 1. The molecule has 2 nitrogen and oxygen atoms in total. The van der Waals surface area contributed by atoms with E-state index >= 15 is 0 Å². The number of hydrogen-bond donors (Lipinski definition) is 0. The normalized spacial score (nSPS) is 40.0. The van der Waals surface area contributed by atoms with Gasteiger partial charge in [-0.15, -0.1) is 0 Å². The number of hydrogen-bond acceptors (Lipinski definition) is 2. The number of fused-ring (bicyclic) bond motifs is 6. The van der Waals surface area contributed by atoms with Crippen LogP contribution in [-0.2, 0) is 15.9 Å². The molecule has 0 amide bonds. The molecule has 0 bridgehead atoms. The maximum atomic E-state index is 6.13. The predicted octanol–water partition coefficient (Wildman–Crippen LogP) is 4.37. The Morgan fingerprint density at radius 3 is 2.78 bits per heavy atom. The van der Waals surface area contributed by atoms with E-state index in [9.17, 15) is 0 Å². The van der Waals surface area contributed by atoms with Gasteiger partial charge in [0.25, 0.3) is 0 Å². The summed E-state index contributed by atoms with van der Waals surface area (Å²) in [6.45, 7) is 6.10. The molecule has 1 saturated heterocycles. The summed E-state index contributed by atoms with van der Waals surface area (Å²) in [7, 11) is 0. The predicted molar refractivity (Wildman–Crippen MR) is 90.3 cm³/mol. The molecule has 1 heterocycles. The van der Waals surface area contributed by atoms with Crippen LogP contribution in [0.5, 0.6) is 0 Å². The van der Waals surface area contributed by atoms with Crippen molar-refractivity contribution in [3.8, 4) is 0 Å². The van der Waals surface area contributed by atoms with Crippen molar-refractivity contribution < 1.29 is 9.47 Å². The van der Waals surface area contributed by atoms with Gasteiger partial charge in [0.15, 0.2) is 5.79 Å². The maximum Gasteiger partial charge on any atom is 0.193 e. The summed E-state index contributed by atoms with van der Waals surface area (Å²) in [5, 5.41) is 0. The van der Waals surface area contributed by atoms with Gasteiger partial charge in [-0.3, -0.25) is 0 Å². The summed E-state index contributed by atoms with van der Waals surface area (Å²) >= 11 is 0. The molecule has 4 aliphatic rings. The molecular weight excluding hydrogens is 284 g/mol. The van der Waals surface area contributed by atoms with Gasteiger partial charge in [-0.2, -0.15) is 0 Å². The zero-order valence-corrected chi connectivity index (χ0v) is 14.2. The van der Waals surface area contributed by atoms with Crippen molar-refractivity contribution in [3.63, 3.8) is 0 Å². The summed E-state index contributed by atoms with van der Waals surface area (Å²) in [4.78, 5) is 0. The SMILES string of the molecule is Cc1ccc2c(c1)CCC1C2CCC2(C)C1C=CC21OCCO1. The van der Waals surface area contributed by atoms with E-state index in [1.165, 1.54) is 31.2 Å². The molecule has 0 aromatic heterocycles. The third-order valence-electron chi connectivity index (χ3n) is 7.17. The molecule has 1 saturated carbocycles. The lowest BCUT2D eigenvalue weighted by molar-refractivity contribution is -0.215. The van der Waals surface area contributed by atoms with Crippen LogP contribution in [0.1, 0.15) is 48.8 Å². The first-order valence-electron chi connectivity index (χ1n) is 9.20. The summed E-state index contributed by atoms with van der Waals surface area (Å²) in [6.07, 6.45) is 9.68. The molecule has 23 heavy (non-hydrogen) atoms. The average Bonchev–Trinajstić information content (AvgIpc) is 3.14. The Morgan fingerprint density at radius 2 is 1.96 bits per heavy atom. The van der Waals surface area contributed by atoms with Gasteiger partial charge < -0.3 is 9.47 Å². The van der Waals surface area contributed by atoms with Crippen LogP contribution in [0.2, 0.25) is 0 Å². The highest BCUT2D eigenvalue weighted by atomic mass is 16.7. The number of ether oxygens (including phenoxy) is 2. The van der Waals surface area contributed by atoms with E-state index in [0.717, 1.165) is 25.0 Å². The summed E-state index contributed by atoms with van der Waals surface area (Å²) in [5.41, 5.74) is 4.74. The van der Waals surface area contributed by atoms with Crippen molar-refractivity contribution in [3.05, 3.63) is 47.0 Å². The van der Waals surface area contributed by atoms with Crippen LogP contribution in [0.3, 0.4) is 0 Å². The van der Waals surface area contributed by atoms with E-state index < -0.39 is 5.79 Å². The molecule has 1 aromatic carbocycles. The van der Waals surface area contributed by atoms with Crippen LogP contribution >= 0.6 is 0 Å². The first-order chi connectivity index (χ1) is 11.1. The largest absolute Gasteiger partial charge is 0.343 e. The molecular formula is C21H26O2. The zero-order valence-electron chi connectivity index (χ0n) is 14.2. The van der Waals surface area contributed by atoms with Crippen molar-refractivity contribution in [2.24, 2.45) is 17.3 Å². The lowest BCUT2D eigenvalue weighted by atomic mass is 9.54. The maximum absolute atomic E-state index is 6.13. The Labute approximate surface area is 138 Å². The quantitative estimate of drug-likeness (QED) is 0.662. The van der Waals surface area contributed by atoms with Crippen molar-refractivity contribution in [1.82, 2.24) is 0 Å². The molecule has 1 spiro atoms. The first-order valence-corrected chi connectivity index (χ1v) is 9.20. The monoisotopic (exact) mass is 310 g/mol. The van der Waals surface area contributed by atoms with Gasteiger partial charge >= 0.3 is 0 Å². The van der Waals surface area contributed by atoms with Gasteiger partial charge in [-0.1, -0.05) is 36.8 Å². The van der Waals surface area contributed by atoms with Crippen LogP contribution in [0, 0.1) is 24.2 Å². The third-order valence-corrected chi connectivity index (χ3v) is 7.17. The third kappa shape index (κ3) is 1.77. The fraction of sp³-hybridized carbons (Fsp3) is 0.619. The summed E-state index contributed by atoms with van der Waals surface area (Å²) in [6, 6.07) is 7.11. The Morgan fingerprint density at radius 1 is 1.13 bits per heavy atom. The molecule has 0 N–H and O–H groups in total. The second-order valence-electron chi connectivity index (χ2n) is 8.22. The molecule has 4 unspecified atom stereocenters. The highest BCUT2D eigenvalue weighted by molar-refractivity contribution is 5.39. The van der Waals surface area contributed by atoms with Crippen LogP contribution in [0.25, 0.3) is 0 Å². The van der Waals surface area contributed by atoms with Gasteiger partial charge in [0.2, 0.25) is 0 Å². The Bertz CT molecular complexity index is 670. The zero-order chi connectivity index (χ0) is 15.7. The van der Waals surface area contributed by atoms with E-state index in [1.54, 1.807) is 11.1 Å². The smallest absolute Gasteiger partial charge is 0.193 e. The molecule has 1 aromatic rings. The van der Waals surface area contributed by atoms with E-state index in [4.69, 9.17) is 9.47 Å². The molecule has 4 atom stereocenters. The summed E-state index contributed by atoms with van der Waals surface area (Å²) in [5.74, 6) is 1.62. The summed E-state index contributed by atoms with van der Waals surface area (Å²) < 4.78 is 12.3. The highest BCUT2D eigenvalue weighted by Gasteiger charge is 2.62. The van der Waals surface area contributed by atoms with Crippen molar-refractivity contribution in [2.45, 2.75) is 51.2 Å². The van der Waals surface area contributed by atoms with Crippen molar-refractivity contribution >= 4 is 0 Å². The molecule has 0 radical (unpaired) electrons. The van der Waals surface area contributed by atoms with E-state index in [1.807, 2.05) is 0 Å². The molecule has 1 aliphatic heterocycles. The van der Waals surface area contributed by atoms with Crippen molar-refractivity contribution in [2.75, 3.05) is 13.2 Å². The molecule has 2 heteroatoms. The first kappa shape index (κ1) is 14.2. The van der Waals surface area contributed by atoms with E-state index in [-0.39, 0.29) is 5.41 Å². The number of allylic oxidation sites excluding steroid dienone is 1. The topological polar surface area (TPSA) is 18.5 Å². The molecule has 2 fully saturated rings. The van der Waals surface area contributed by atoms with Gasteiger partial charge in [-0.25, -0.2) is 0 Å². The Hall–Kier alpha value is -1.12. The number of aryl methyl sites for hydroxylation is 2. The fourth-order valence-electron chi connectivity index (χ4n) is 6.00. The molecule has 3 aliphatic carbocycles. The molecule has 5 rings (SSSR count). The second kappa shape index (κ2) is 4.70. The minimum Gasteiger partial charge on any atom is -0.343 e. The fourth-order valence-corrected chi connectivity index (χ4v) is 6.00. The Kier molecular flexibility index (Phi) is 2.91. The van der Waals surface area contributed by atoms with E-state index in [2.05, 4.69) is 44.2 Å². The van der Waals surface area contributed by atoms with Gasteiger partial charge in [0, 0.05) is 5.41 Å². The molecule has 122 valence electrons. The standard InChI is InChI=1S/C21H26O2/c1-14-3-5-16-15(13-14)4-6-18-17(16)7-9-20(2)19(18)8-10-21(20)22-11-12-23-21/h3,5,8,10,13,17-19H,4,6-7,9,11-12H2,1-2H3. The lowest BCUT2D eigenvalue weighted by Crippen LogP contribution is -2.52. The van der Waals surface area contributed by atoms with Gasteiger partial charge in [-0.05, 0) is 67.6 Å². The minimum atomic E-state index is -0.434. The lowest BCUT2D eigenvalue weighted by Gasteiger charge is -2.52. The van der Waals surface area contributed by atoms with Gasteiger partial charge in [0.05, 0.1) is 13.2 Å². The Balaban J connectivity index is 1.53. The van der Waals surface area contributed by atoms with E-state index in [0.29, 0.717) is 5.92 Å². The van der Waals surface area contributed by atoms with Crippen LogP contribution < -0.4 is 0 Å². The highest BCUT2D eigenvalue weighted by Crippen LogP contribution is 2.63. The number of rotatable bonds is 0. The van der Waals surface area contributed by atoms with Gasteiger partial charge in [0.1, 0.15) is 0 Å². The van der Waals surface area contributed by atoms with Crippen molar-refractivity contribution in [1.29, 1.82) is 0 Å². The van der Waals surface area contributed by atoms with Crippen LogP contribution in [0.15, 0.2) is 30.4 Å². The minimum absolute atomic E-state index is 0.118. The van der Waals surface area contributed by atoms with Crippen LogP contribution in [-0.4, -0.2) is 19.0 Å². The second-order valence-corrected chi connectivity index (χ2v) is 8.22. The average molecular weight is 310 g/mol. The van der Waals surface area contributed by atoms with Crippen LogP contribution in [0.4, 0.5) is 0 Å².